The molecule has 0 aliphatic rings. The van der Waals surface area contributed by atoms with Crippen LogP contribution in [0, 0.1) is 5.41 Å². The van der Waals surface area contributed by atoms with E-state index in [-0.39, 0.29) is 11.2 Å². The van der Waals surface area contributed by atoms with Crippen molar-refractivity contribution in [2.45, 2.75) is 72.8 Å². The van der Waals surface area contributed by atoms with Crippen molar-refractivity contribution in [3.05, 3.63) is 0 Å². The van der Waals surface area contributed by atoms with Gasteiger partial charge >= 0.3 is 0 Å². The predicted octanol–water partition coefficient (Wildman–Crippen LogP) is 3.40. The van der Waals surface area contributed by atoms with Crippen LogP contribution in [0.25, 0.3) is 0 Å². The summed E-state index contributed by atoms with van der Waals surface area (Å²) in [5.74, 6) is 0.596. The molecule has 1 unspecified atom stereocenters. The van der Waals surface area contributed by atoms with Gasteiger partial charge in [0.15, 0.2) is 0 Å². The first kappa shape index (κ1) is 18.9. The first-order valence-electron chi connectivity index (χ1n) is 7.74. The molecule has 0 aliphatic heterocycles. The third kappa shape index (κ3) is 7.93. The van der Waals surface area contributed by atoms with E-state index in [4.69, 9.17) is 0 Å². The normalized spacial score (nSPS) is 15.7. The van der Waals surface area contributed by atoms with Gasteiger partial charge < -0.3 is 5.32 Å². The molecular weight excluding hydrogens is 258 g/mol. The number of hydrogen-bond donors (Lipinski definition) is 1. The Balaban J connectivity index is 4.70. The molecule has 0 aliphatic carbocycles. The van der Waals surface area contributed by atoms with E-state index in [2.05, 4.69) is 33.0 Å². The summed E-state index contributed by atoms with van der Waals surface area (Å²) < 4.78 is 23.5. The largest absolute Gasteiger partial charge is 0.314 e. The molecule has 0 spiro atoms. The van der Waals surface area contributed by atoms with Gasteiger partial charge in [0.1, 0.15) is 9.84 Å². The molecule has 0 saturated heterocycles. The zero-order chi connectivity index (χ0) is 14.9. The lowest BCUT2D eigenvalue weighted by Gasteiger charge is -2.34. The van der Waals surface area contributed by atoms with Crippen LogP contribution in [-0.4, -0.2) is 32.5 Å². The van der Waals surface area contributed by atoms with Crippen LogP contribution in [0.5, 0.6) is 0 Å². The van der Waals surface area contributed by atoms with Crippen molar-refractivity contribution >= 4 is 9.84 Å². The Kier molecular flexibility index (Phi) is 8.92. The number of nitrogens with one attached hydrogen (secondary N) is 1. The molecule has 116 valence electrons. The van der Waals surface area contributed by atoms with Crippen molar-refractivity contribution < 1.29 is 8.42 Å². The molecular formula is C15H33NO2S. The minimum absolute atomic E-state index is 0.141. The molecule has 0 aromatic carbocycles. The molecule has 0 rings (SSSR count). The maximum Gasteiger partial charge on any atom is 0.150 e. The van der Waals surface area contributed by atoms with E-state index >= 15 is 0 Å². The first-order chi connectivity index (χ1) is 8.81. The summed E-state index contributed by atoms with van der Waals surface area (Å²) in [4.78, 5) is 0. The van der Waals surface area contributed by atoms with Crippen LogP contribution in [0.2, 0.25) is 0 Å². The second kappa shape index (κ2) is 8.96. The fourth-order valence-corrected chi connectivity index (χ4v) is 3.30. The quantitative estimate of drug-likeness (QED) is 0.634. The van der Waals surface area contributed by atoms with Crippen LogP contribution in [0.1, 0.15) is 66.7 Å². The van der Waals surface area contributed by atoms with Gasteiger partial charge in [0.05, 0.1) is 5.75 Å². The standard InChI is InChI=1S/C15H33NO2S/c1-6-9-10-15(7-2,13-16-14(4)5)11-12-19(17,18)8-3/h14,16H,6-13H2,1-5H3. The molecule has 0 aromatic heterocycles. The Labute approximate surface area is 120 Å². The van der Waals surface area contributed by atoms with Crippen molar-refractivity contribution in [3.8, 4) is 0 Å². The maximum atomic E-state index is 11.8. The number of unbranched alkanes of at least 4 members (excludes halogenated alkanes) is 1. The van der Waals surface area contributed by atoms with Crippen LogP contribution < -0.4 is 5.32 Å². The molecule has 0 amide bonds. The molecule has 0 bridgehead atoms. The Morgan fingerprint density at radius 1 is 1.11 bits per heavy atom. The molecule has 1 N–H and O–H groups in total. The van der Waals surface area contributed by atoms with Crippen molar-refractivity contribution in [1.82, 2.24) is 5.32 Å². The molecule has 0 fully saturated rings. The zero-order valence-corrected chi connectivity index (χ0v) is 14.3. The second-order valence-electron chi connectivity index (χ2n) is 5.98. The van der Waals surface area contributed by atoms with Gasteiger partial charge in [0.2, 0.25) is 0 Å². The highest BCUT2D eigenvalue weighted by Gasteiger charge is 2.29. The Morgan fingerprint density at radius 2 is 1.74 bits per heavy atom. The third-order valence-electron chi connectivity index (χ3n) is 4.08. The highest BCUT2D eigenvalue weighted by Crippen LogP contribution is 2.33. The van der Waals surface area contributed by atoms with Crippen LogP contribution in [0.3, 0.4) is 0 Å². The predicted molar refractivity (Wildman–Crippen MR) is 84.3 cm³/mol. The number of sulfone groups is 1. The molecule has 1 atom stereocenters. The van der Waals surface area contributed by atoms with E-state index in [0.29, 0.717) is 11.8 Å². The summed E-state index contributed by atoms with van der Waals surface area (Å²) in [5, 5.41) is 3.51. The van der Waals surface area contributed by atoms with Gasteiger partial charge in [-0.2, -0.15) is 0 Å². The van der Waals surface area contributed by atoms with Gasteiger partial charge in [0, 0.05) is 18.3 Å². The van der Waals surface area contributed by atoms with Crippen LogP contribution in [0.15, 0.2) is 0 Å². The molecule has 0 heterocycles. The van der Waals surface area contributed by atoms with E-state index in [1.54, 1.807) is 6.92 Å². The molecule has 4 heteroatoms. The monoisotopic (exact) mass is 291 g/mol. The molecule has 0 radical (unpaired) electrons. The summed E-state index contributed by atoms with van der Waals surface area (Å²) >= 11 is 0. The van der Waals surface area contributed by atoms with Crippen molar-refractivity contribution in [2.75, 3.05) is 18.1 Å². The minimum Gasteiger partial charge on any atom is -0.314 e. The second-order valence-corrected chi connectivity index (χ2v) is 8.45. The van der Waals surface area contributed by atoms with E-state index in [1.807, 2.05) is 0 Å². The lowest BCUT2D eigenvalue weighted by Crippen LogP contribution is -2.38. The van der Waals surface area contributed by atoms with Gasteiger partial charge in [0.25, 0.3) is 0 Å². The van der Waals surface area contributed by atoms with E-state index in [9.17, 15) is 8.42 Å². The summed E-state index contributed by atoms with van der Waals surface area (Å²) in [6, 6.07) is 0.454. The van der Waals surface area contributed by atoms with Crippen LogP contribution in [0.4, 0.5) is 0 Å². The maximum absolute atomic E-state index is 11.8. The SMILES string of the molecule is CCCCC(CC)(CCS(=O)(=O)CC)CNC(C)C. The van der Waals surface area contributed by atoms with Crippen molar-refractivity contribution in [3.63, 3.8) is 0 Å². The Hall–Kier alpha value is -0.0900. The first-order valence-corrected chi connectivity index (χ1v) is 9.56. The molecule has 0 aromatic rings. The Morgan fingerprint density at radius 3 is 2.16 bits per heavy atom. The summed E-state index contributed by atoms with van der Waals surface area (Å²) in [5.41, 5.74) is 0.141. The van der Waals surface area contributed by atoms with Gasteiger partial charge in [-0.1, -0.05) is 47.5 Å². The topological polar surface area (TPSA) is 46.2 Å². The lowest BCUT2D eigenvalue weighted by atomic mass is 9.77. The Bertz CT molecular complexity index is 325. The van der Waals surface area contributed by atoms with E-state index in [0.717, 1.165) is 25.8 Å². The molecule has 0 saturated carbocycles. The third-order valence-corrected chi connectivity index (χ3v) is 5.78. The average molecular weight is 292 g/mol. The van der Waals surface area contributed by atoms with Crippen LogP contribution >= 0.6 is 0 Å². The lowest BCUT2D eigenvalue weighted by molar-refractivity contribution is 0.216. The highest BCUT2D eigenvalue weighted by atomic mass is 32.2. The minimum atomic E-state index is -2.85. The summed E-state index contributed by atoms with van der Waals surface area (Å²) in [6.45, 7) is 11.3. The van der Waals surface area contributed by atoms with E-state index < -0.39 is 9.84 Å². The fourth-order valence-electron chi connectivity index (χ4n) is 2.27. The zero-order valence-electron chi connectivity index (χ0n) is 13.5. The summed E-state index contributed by atoms with van der Waals surface area (Å²) in [7, 11) is -2.85. The average Bonchev–Trinajstić information content (AvgIpc) is 2.38. The summed E-state index contributed by atoms with van der Waals surface area (Å²) in [6.07, 6.45) is 5.31. The van der Waals surface area contributed by atoms with Gasteiger partial charge in [-0.25, -0.2) is 8.42 Å². The highest BCUT2D eigenvalue weighted by molar-refractivity contribution is 7.91. The number of hydrogen-bond acceptors (Lipinski definition) is 3. The van der Waals surface area contributed by atoms with Crippen LogP contribution in [-0.2, 0) is 9.84 Å². The van der Waals surface area contributed by atoms with Gasteiger partial charge in [-0.3, -0.25) is 0 Å². The number of rotatable bonds is 11. The molecule has 19 heavy (non-hydrogen) atoms. The van der Waals surface area contributed by atoms with E-state index in [1.165, 1.54) is 12.8 Å². The smallest absolute Gasteiger partial charge is 0.150 e. The van der Waals surface area contributed by atoms with Crippen molar-refractivity contribution in [2.24, 2.45) is 5.41 Å². The van der Waals surface area contributed by atoms with Gasteiger partial charge in [-0.15, -0.1) is 0 Å². The fraction of sp³-hybridized carbons (Fsp3) is 1.00. The van der Waals surface area contributed by atoms with Crippen molar-refractivity contribution in [1.29, 1.82) is 0 Å². The molecule has 3 nitrogen and oxygen atoms in total. The van der Waals surface area contributed by atoms with Gasteiger partial charge in [-0.05, 0) is 24.7 Å².